The second-order valence-electron chi connectivity index (χ2n) is 4.37. The number of nitrogen functional groups attached to an aromatic ring is 1. The van der Waals surface area contributed by atoms with Gasteiger partial charge in [-0.1, -0.05) is 23.2 Å². The number of aromatic nitrogens is 1. The molecule has 100 valence electrons. The Bertz CT molecular complexity index is 787. The third-order valence-corrected chi connectivity index (χ3v) is 3.61. The number of nitrogens with one attached hydrogen (secondary N) is 1. The van der Waals surface area contributed by atoms with Gasteiger partial charge in [0.05, 0.1) is 10.7 Å². The van der Waals surface area contributed by atoms with Crippen LogP contribution in [0.1, 0.15) is 0 Å². The van der Waals surface area contributed by atoms with Gasteiger partial charge in [0.2, 0.25) is 0 Å². The number of nitrogens with zero attached hydrogens (tertiary/aromatic N) is 1. The summed E-state index contributed by atoms with van der Waals surface area (Å²) >= 11 is 12.2. The maximum absolute atomic E-state index is 6.17. The smallest absolute Gasteiger partial charge is 0.0642 e. The van der Waals surface area contributed by atoms with Gasteiger partial charge in [0, 0.05) is 39.6 Å². The van der Waals surface area contributed by atoms with E-state index in [1.165, 1.54) is 0 Å². The van der Waals surface area contributed by atoms with E-state index in [0.717, 1.165) is 22.1 Å². The van der Waals surface area contributed by atoms with Gasteiger partial charge in [-0.25, -0.2) is 0 Å². The molecule has 0 atom stereocenters. The Morgan fingerprint density at radius 2 is 1.80 bits per heavy atom. The van der Waals surface area contributed by atoms with Crippen molar-refractivity contribution in [3.63, 3.8) is 0 Å². The summed E-state index contributed by atoms with van der Waals surface area (Å²) < 4.78 is 0. The Morgan fingerprint density at radius 1 is 0.950 bits per heavy atom. The van der Waals surface area contributed by atoms with E-state index in [9.17, 15) is 0 Å². The molecular formula is C15H11Cl2N3. The molecule has 5 heteroatoms. The van der Waals surface area contributed by atoms with Crippen molar-refractivity contribution in [1.29, 1.82) is 0 Å². The summed E-state index contributed by atoms with van der Waals surface area (Å²) in [6, 6.07) is 11.0. The van der Waals surface area contributed by atoms with E-state index in [1.807, 2.05) is 18.2 Å². The maximum Gasteiger partial charge on any atom is 0.0642 e. The molecule has 0 radical (unpaired) electrons. The van der Waals surface area contributed by atoms with Gasteiger partial charge in [0.15, 0.2) is 0 Å². The molecule has 0 unspecified atom stereocenters. The zero-order valence-corrected chi connectivity index (χ0v) is 11.9. The van der Waals surface area contributed by atoms with Crippen LogP contribution in [0.5, 0.6) is 0 Å². The van der Waals surface area contributed by atoms with Crippen LogP contribution < -0.4 is 11.1 Å². The first-order valence-electron chi connectivity index (χ1n) is 5.99. The fourth-order valence-corrected chi connectivity index (χ4v) is 2.40. The lowest BCUT2D eigenvalue weighted by molar-refractivity contribution is 1.36. The Labute approximate surface area is 126 Å². The second kappa shape index (κ2) is 5.19. The van der Waals surface area contributed by atoms with E-state index < -0.39 is 0 Å². The number of rotatable bonds is 2. The molecule has 3 N–H and O–H groups in total. The Kier molecular flexibility index (Phi) is 3.38. The van der Waals surface area contributed by atoms with E-state index in [4.69, 9.17) is 28.9 Å². The van der Waals surface area contributed by atoms with Crippen molar-refractivity contribution < 1.29 is 0 Å². The van der Waals surface area contributed by atoms with Gasteiger partial charge in [-0.05, 0) is 36.4 Å². The molecule has 3 rings (SSSR count). The summed E-state index contributed by atoms with van der Waals surface area (Å²) in [7, 11) is 0. The summed E-state index contributed by atoms with van der Waals surface area (Å²) in [4.78, 5) is 4.10. The van der Waals surface area contributed by atoms with Crippen LogP contribution in [-0.4, -0.2) is 4.98 Å². The number of fused-ring (bicyclic) bond motifs is 1. The van der Waals surface area contributed by atoms with Crippen LogP contribution in [0.3, 0.4) is 0 Å². The summed E-state index contributed by atoms with van der Waals surface area (Å²) in [5, 5.41) is 6.39. The Morgan fingerprint density at radius 3 is 2.65 bits per heavy atom. The highest BCUT2D eigenvalue weighted by atomic mass is 35.5. The molecule has 0 saturated carbocycles. The van der Waals surface area contributed by atoms with Gasteiger partial charge in [-0.2, -0.15) is 0 Å². The largest absolute Gasteiger partial charge is 0.398 e. The normalized spacial score (nSPS) is 10.7. The number of hydrogen-bond acceptors (Lipinski definition) is 3. The number of anilines is 3. The van der Waals surface area contributed by atoms with Crippen molar-refractivity contribution in [2.24, 2.45) is 0 Å². The molecule has 0 bridgehead atoms. The van der Waals surface area contributed by atoms with Crippen LogP contribution >= 0.6 is 23.2 Å². The van der Waals surface area contributed by atoms with Gasteiger partial charge in [-0.15, -0.1) is 0 Å². The highest BCUT2D eigenvalue weighted by molar-refractivity contribution is 6.35. The van der Waals surface area contributed by atoms with Crippen molar-refractivity contribution in [3.8, 4) is 0 Å². The number of hydrogen-bond donors (Lipinski definition) is 2. The predicted molar refractivity (Wildman–Crippen MR) is 85.9 cm³/mol. The zero-order valence-electron chi connectivity index (χ0n) is 10.4. The fourth-order valence-electron chi connectivity index (χ4n) is 2.06. The topological polar surface area (TPSA) is 50.9 Å². The Hall–Kier alpha value is -1.97. The van der Waals surface area contributed by atoms with E-state index in [-0.39, 0.29) is 0 Å². The molecule has 0 saturated heterocycles. The molecule has 0 fully saturated rings. The standard InChI is InChI=1S/C15H11Cl2N3/c16-9-1-2-12(17)15(7-9)20-14-4-3-13(18)11-8-19-6-5-10(11)14/h1-8,20H,18H2. The molecule has 1 heterocycles. The summed E-state index contributed by atoms with van der Waals surface area (Å²) in [6.07, 6.45) is 3.47. The minimum absolute atomic E-state index is 0.605. The Balaban J connectivity index is 2.11. The van der Waals surface area contributed by atoms with Crippen molar-refractivity contribution in [2.45, 2.75) is 0 Å². The molecule has 3 aromatic rings. The summed E-state index contributed by atoms with van der Waals surface area (Å²) in [5.74, 6) is 0. The van der Waals surface area contributed by atoms with Crippen LogP contribution in [0, 0.1) is 0 Å². The van der Waals surface area contributed by atoms with Crippen molar-refractivity contribution in [2.75, 3.05) is 11.1 Å². The average molecular weight is 304 g/mol. The van der Waals surface area contributed by atoms with Gasteiger partial charge >= 0.3 is 0 Å². The average Bonchev–Trinajstić information content (AvgIpc) is 2.46. The predicted octanol–water partition coefficient (Wildman–Crippen LogP) is 4.87. The van der Waals surface area contributed by atoms with Crippen LogP contribution in [0.25, 0.3) is 10.8 Å². The van der Waals surface area contributed by atoms with E-state index in [1.54, 1.807) is 30.6 Å². The lowest BCUT2D eigenvalue weighted by Gasteiger charge is -2.12. The molecule has 0 aliphatic rings. The van der Waals surface area contributed by atoms with Gasteiger partial charge < -0.3 is 11.1 Å². The molecule has 2 aromatic carbocycles. The quantitative estimate of drug-likeness (QED) is 0.664. The minimum Gasteiger partial charge on any atom is -0.398 e. The van der Waals surface area contributed by atoms with Gasteiger partial charge in [0.25, 0.3) is 0 Å². The molecule has 3 nitrogen and oxygen atoms in total. The van der Waals surface area contributed by atoms with Gasteiger partial charge in [0.1, 0.15) is 0 Å². The maximum atomic E-state index is 6.17. The van der Waals surface area contributed by atoms with E-state index >= 15 is 0 Å². The molecule has 0 aliphatic carbocycles. The summed E-state index contributed by atoms with van der Waals surface area (Å²) in [6.45, 7) is 0. The zero-order chi connectivity index (χ0) is 14.1. The van der Waals surface area contributed by atoms with Crippen LogP contribution in [0.4, 0.5) is 17.1 Å². The van der Waals surface area contributed by atoms with Crippen molar-refractivity contribution in [3.05, 3.63) is 58.8 Å². The highest BCUT2D eigenvalue weighted by Gasteiger charge is 2.07. The molecule has 0 spiro atoms. The highest BCUT2D eigenvalue weighted by Crippen LogP contribution is 2.33. The molecule has 1 aromatic heterocycles. The number of halogens is 2. The van der Waals surface area contributed by atoms with Crippen molar-refractivity contribution in [1.82, 2.24) is 4.98 Å². The van der Waals surface area contributed by atoms with Crippen LogP contribution in [0.2, 0.25) is 10.0 Å². The van der Waals surface area contributed by atoms with E-state index in [2.05, 4.69) is 10.3 Å². The van der Waals surface area contributed by atoms with Gasteiger partial charge in [-0.3, -0.25) is 4.98 Å². The van der Waals surface area contributed by atoms with Crippen LogP contribution in [0.15, 0.2) is 48.8 Å². The summed E-state index contributed by atoms with van der Waals surface area (Å²) in [5.41, 5.74) is 8.30. The third kappa shape index (κ3) is 2.38. The first-order chi connectivity index (χ1) is 9.65. The SMILES string of the molecule is Nc1ccc(Nc2cc(Cl)ccc2Cl)c2ccncc12. The lowest BCUT2D eigenvalue weighted by atomic mass is 10.1. The molecule has 0 aliphatic heterocycles. The minimum atomic E-state index is 0.605. The number of benzene rings is 2. The van der Waals surface area contributed by atoms with Crippen LogP contribution in [-0.2, 0) is 0 Å². The molecule has 20 heavy (non-hydrogen) atoms. The van der Waals surface area contributed by atoms with E-state index in [0.29, 0.717) is 15.7 Å². The molecular weight excluding hydrogens is 293 g/mol. The third-order valence-electron chi connectivity index (χ3n) is 3.05. The fraction of sp³-hybridized carbons (Fsp3) is 0. The lowest BCUT2D eigenvalue weighted by Crippen LogP contribution is -1.95. The number of pyridine rings is 1. The number of nitrogens with two attached hydrogens (primary N) is 1. The first-order valence-corrected chi connectivity index (χ1v) is 6.75. The molecule has 0 amide bonds. The second-order valence-corrected chi connectivity index (χ2v) is 5.22. The van der Waals surface area contributed by atoms with Crippen molar-refractivity contribution >= 4 is 51.0 Å². The monoisotopic (exact) mass is 303 g/mol. The first kappa shape index (κ1) is 13.0.